The van der Waals surface area contributed by atoms with E-state index in [1.54, 1.807) is 11.4 Å². The fraction of sp³-hybridized carbons (Fsp3) is 0.154. The number of carbonyl (C=O) groups is 1. The van der Waals surface area contributed by atoms with Gasteiger partial charge in [0.05, 0.1) is 5.56 Å². The molecule has 2 rings (SSSR count). The summed E-state index contributed by atoms with van der Waals surface area (Å²) in [5.41, 5.74) is 0.0265. The zero-order valence-electron chi connectivity index (χ0n) is 9.41. The summed E-state index contributed by atoms with van der Waals surface area (Å²) in [5, 5.41) is 1.70. The van der Waals surface area contributed by atoms with Gasteiger partial charge in [-0.3, -0.25) is 4.79 Å². The summed E-state index contributed by atoms with van der Waals surface area (Å²) >= 11 is 1.43. The first-order valence-electron chi connectivity index (χ1n) is 5.15. The average Bonchev–Trinajstić information content (AvgIpc) is 2.74. The Morgan fingerprint density at radius 3 is 2.17 bits per heavy atom. The normalized spacial score (nSPS) is 11.6. The van der Waals surface area contributed by atoms with Gasteiger partial charge in [0, 0.05) is 21.4 Å². The Balaban J connectivity index is 2.28. The number of rotatable bonds is 2. The molecule has 0 N–H and O–H groups in total. The molecule has 0 atom stereocenters. The molecule has 0 unspecified atom stereocenters. The maximum atomic E-state index is 12.4. The molecule has 1 nitrogen and oxygen atoms in total. The van der Waals surface area contributed by atoms with Crippen LogP contribution in [0.3, 0.4) is 0 Å². The van der Waals surface area contributed by atoms with Gasteiger partial charge < -0.3 is 0 Å². The first-order chi connectivity index (χ1) is 8.38. The third-order valence-electron chi connectivity index (χ3n) is 2.47. The molecule has 0 saturated carbocycles. The summed E-state index contributed by atoms with van der Waals surface area (Å²) < 4.78 is 37.1. The lowest BCUT2D eigenvalue weighted by Crippen LogP contribution is -2.06. The van der Waals surface area contributed by atoms with Crippen LogP contribution in [-0.4, -0.2) is 5.78 Å². The molecule has 0 bridgehead atoms. The number of ketones is 1. The van der Waals surface area contributed by atoms with E-state index in [4.69, 9.17) is 0 Å². The molecule has 0 amide bonds. The van der Waals surface area contributed by atoms with Crippen molar-refractivity contribution in [3.8, 4) is 0 Å². The van der Waals surface area contributed by atoms with Crippen LogP contribution >= 0.6 is 11.3 Å². The molecule has 18 heavy (non-hydrogen) atoms. The molecular weight excluding hydrogens is 261 g/mol. The van der Waals surface area contributed by atoms with Crippen molar-refractivity contribution in [1.82, 2.24) is 0 Å². The molecule has 1 heterocycles. The van der Waals surface area contributed by atoms with E-state index in [0.29, 0.717) is 5.56 Å². The molecule has 5 heteroatoms. The molecular formula is C13H9F3OS. The van der Waals surface area contributed by atoms with E-state index in [-0.39, 0.29) is 11.3 Å². The summed E-state index contributed by atoms with van der Waals surface area (Å²) in [5.74, 6) is -0.256. The second-order valence-corrected chi connectivity index (χ2v) is 4.97. The van der Waals surface area contributed by atoms with E-state index in [1.165, 1.54) is 23.5 Å². The van der Waals surface area contributed by atoms with Crippen molar-refractivity contribution in [1.29, 1.82) is 0 Å². The minimum Gasteiger partial charge on any atom is -0.289 e. The fourth-order valence-electron chi connectivity index (χ4n) is 1.54. The lowest BCUT2D eigenvalue weighted by atomic mass is 10.0. The number of hydrogen-bond acceptors (Lipinski definition) is 2. The standard InChI is InChI=1S/C13H9F3OS/c1-8-6-10(7-18-8)12(17)9-2-4-11(5-3-9)13(14,15)16/h2-7H,1H3. The molecule has 94 valence electrons. The van der Waals surface area contributed by atoms with Gasteiger partial charge in [0.15, 0.2) is 5.78 Å². The van der Waals surface area contributed by atoms with Gasteiger partial charge in [-0.15, -0.1) is 11.3 Å². The minimum atomic E-state index is -4.37. The summed E-state index contributed by atoms with van der Waals surface area (Å²) in [7, 11) is 0. The highest BCUT2D eigenvalue weighted by Gasteiger charge is 2.30. The molecule has 0 spiro atoms. The molecule has 0 saturated heterocycles. The predicted octanol–water partition coefficient (Wildman–Crippen LogP) is 4.31. The zero-order valence-corrected chi connectivity index (χ0v) is 10.2. The monoisotopic (exact) mass is 270 g/mol. The first-order valence-corrected chi connectivity index (χ1v) is 6.03. The van der Waals surface area contributed by atoms with Gasteiger partial charge in [-0.05, 0) is 25.1 Å². The van der Waals surface area contributed by atoms with Crippen molar-refractivity contribution in [2.45, 2.75) is 13.1 Å². The molecule has 0 aliphatic rings. The van der Waals surface area contributed by atoms with Crippen molar-refractivity contribution >= 4 is 17.1 Å². The number of alkyl halides is 3. The van der Waals surface area contributed by atoms with Crippen LogP contribution in [0.1, 0.15) is 26.4 Å². The maximum Gasteiger partial charge on any atom is 0.416 e. The summed E-state index contributed by atoms with van der Waals surface area (Å²) in [6.45, 7) is 1.87. The summed E-state index contributed by atoms with van der Waals surface area (Å²) in [4.78, 5) is 12.9. The molecule has 0 aliphatic heterocycles. The summed E-state index contributed by atoms with van der Waals surface area (Å²) in [6, 6.07) is 5.99. The quantitative estimate of drug-likeness (QED) is 0.743. The van der Waals surface area contributed by atoms with Crippen LogP contribution in [-0.2, 0) is 6.18 Å². The topological polar surface area (TPSA) is 17.1 Å². The number of aryl methyl sites for hydroxylation is 1. The highest BCUT2D eigenvalue weighted by atomic mass is 32.1. The Labute approximate surface area is 106 Å². The van der Waals surface area contributed by atoms with Crippen molar-refractivity contribution < 1.29 is 18.0 Å². The van der Waals surface area contributed by atoms with Crippen molar-refractivity contribution in [2.24, 2.45) is 0 Å². The highest BCUT2D eigenvalue weighted by Crippen LogP contribution is 2.29. The van der Waals surface area contributed by atoms with E-state index < -0.39 is 11.7 Å². The molecule has 1 aromatic carbocycles. The van der Waals surface area contributed by atoms with E-state index >= 15 is 0 Å². The molecule has 0 radical (unpaired) electrons. The van der Waals surface area contributed by atoms with Crippen LogP contribution in [0.15, 0.2) is 35.7 Å². The van der Waals surface area contributed by atoms with Crippen molar-refractivity contribution in [2.75, 3.05) is 0 Å². The van der Waals surface area contributed by atoms with Gasteiger partial charge in [0.25, 0.3) is 0 Å². The van der Waals surface area contributed by atoms with E-state index in [1.807, 2.05) is 6.92 Å². The maximum absolute atomic E-state index is 12.4. The highest BCUT2D eigenvalue weighted by molar-refractivity contribution is 7.10. The van der Waals surface area contributed by atoms with Crippen LogP contribution in [0.25, 0.3) is 0 Å². The lowest BCUT2D eigenvalue weighted by molar-refractivity contribution is -0.137. The largest absolute Gasteiger partial charge is 0.416 e. The Kier molecular flexibility index (Phi) is 3.26. The molecule has 2 aromatic rings. The number of benzene rings is 1. The number of halogens is 3. The van der Waals surface area contributed by atoms with Crippen molar-refractivity contribution in [3.63, 3.8) is 0 Å². The lowest BCUT2D eigenvalue weighted by Gasteiger charge is -2.06. The SMILES string of the molecule is Cc1cc(C(=O)c2ccc(C(F)(F)F)cc2)cs1. The van der Waals surface area contributed by atoms with Gasteiger partial charge in [0.1, 0.15) is 0 Å². The van der Waals surface area contributed by atoms with E-state index in [2.05, 4.69) is 0 Å². The molecule has 0 aliphatic carbocycles. The van der Waals surface area contributed by atoms with Crippen molar-refractivity contribution in [3.05, 3.63) is 57.3 Å². The Hall–Kier alpha value is -1.62. The van der Waals surface area contributed by atoms with E-state index in [0.717, 1.165) is 17.0 Å². The van der Waals surface area contributed by atoms with Crippen LogP contribution in [0.2, 0.25) is 0 Å². The average molecular weight is 270 g/mol. The first kappa shape index (κ1) is 12.8. The van der Waals surface area contributed by atoms with Gasteiger partial charge >= 0.3 is 6.18 Å². The molecule has 0 fully saturated rings. The van der Waals surface area contributed by atoms with Gasteiger partial charge in [-0.1, -0.05) is 12.1 Å². The number of hydrogen-bond donors (Lipinski definition) is 0. The van der Waals surface area contributed by atoms with E-state index in [9.17, 15) is 18.0 Å². The van der Waals surface area contributed by atoms with Crippen LogP contribution in [0.5, 0.6) is 0 Å². The number of thiophene rings is 1. The van der Waals surface area contributed by atoms with Gasteiger partial charge in [0.2, 0.25) is 0 Å². The third kappa shape index (κ3) is 2.61. The van der Waals surface area contributed by atoms with Crippen LogP contribution in [0, 0.1) is 6.92 Å². The number of carbonyl (C=O) groups excluding carboxylic acids is 1. The smallest absolute Gasteiger partial charge is 0.289 e. The van der Waals surface area contributed by atoms with Crippen LogP contribution < -0.4 is 0 Å². The fourth-order valence-corrected chi connectivity index (χ4v) is 2.22. The second-order valence-electron chi connectivity index (χ2n) is 3.85. The second kappa shape index (κ2) is 4.57. The Morgan fingerprint density at radius 1 is 1.11 bits per heavy atom. The third-order valence-corrected chi connectivity index (χ3v) is 3.33. The van der Waals surface area contributed by atoms with Crippen LogP contribution in [0.4, 0.5) is 13.2 Å². The molecule has 1 aromatic heterocycles. The van der Waals surface area contributed by atoms with Gasteiger partial charge in [-0.2, -0.15) is 13.2 Å². The minimum absolute atomic E-state index is 0.256. The Morgan fingerprint density at radius 2 is 1.72 bits per heavy atom. The summed E-state index contributed by atoms with van der Waals surface area (Å²) in [6.07, 6.45) is -4.37. The predicted molar refractivity (Wildman–Crippen MR) is 63.9 cm³/mol. The Bertz CT molecular complexity index is 567. The zero-order chi connectivity index (χ0) is 13.3. The van der Waals surface area contributed by atoms with Gasteiger partial charge in [-0.25, -0.2) is 0 Å².